The zero-order chi connectivity index (χ0) is 21.2. The smallest absolute Gasteiger partial charge is 0.243 e. The highest BCUT2D eigenvalue weighted by Gasteiger charge is 2.39. The van der Waals surface area contributed by atoms with E-state index in [1.165, 1.54) is 17.3 Å². The van der Waals surface area contributed by atoms with Crippen molar-refractivity contribution >= 4 is 44.8 Å². The van der Waals surface area contributed by atoms with Crippen LogP contribution in [0.4, 0.5) is 11.4 Å². The summed E-state index contributed by atoms with van der Waals surface area (Å²) in [6.07, 6.45) is 1.02. The average Bonchev–Trinajstić information content (AvgIpc) is 3.14. The molecule has 0 unspecified atom stereocenters. The minimum absolute atomic E-state index is 0.167. The zero-order valence-electron chi connectivity index (χ0n) is 16.1. The Morgan fingerprint density at radius 2 is 1.79 bits per heavy atom. The molecule has 1 fully saturated rings. The number of carbonyl (C=O) groups is 2. The number of sulfonamides is 1. The van der Waals surface area contributed by atoms with Gasteiger partial charge in [0.05, 0.1) is 15.6 Å². The van der Waals surface area contributed by atoms with Crippen molar-refractivity contribution in [3.05, 3.63) is 53.1 Å². The quantitative estimate of drug-likeness (QED) is 0.752. The van der Waals surface area contributed by atoms with Crippen LogP contribution in [-0.2, 0) is 19.6 Å². The van der Waals surface area contributed by atoms with Crippen molar-refractivity contribution in [3.8, 4) is 0 Å². The van der Waals surface area contributed by atoms with Gasteiger partial charge in [0.25, 0.3) is 0 Å². The summed E-state index contributed by atoms with van der Waals surface area (Å²) >= 11 is 6.20. The number of benzene rings is 2. The first-order valence-electron chi connectivity index (χ1n) is 9.15. The van der Waals surface area contributed by atoms with E-state index in [4.69, 9.17) is 11.6 Å². The van der Waals surface area contributed by atoms with Gasteiger partial charge in [-0.3, -0.25) is 9.59 Å². The van der Waals surface area contributed by atoms with Crippen molar-refractivity contribution in [1.82, 2.24) is 4.31 Å². The molecule has 0 spiro atoms. The second-order valence-electron chi connectivity index (χ2n) is 6.95. The summed E-state index contributed by atoms with van der Waals surface area (Å²) in [5, 5.41) is 5.56. The summed E-state index contributed by atoms with van der Waals surface area (Å²) in [5.74, 6) is -0.673. The minimum atomic E-state index is -3.78. The number of carbonyl (C=O) groups excluding carboxylic acids is 2. The number of hydrogen-bond donors (Lipinski definition) is 2. The highest BCUT2D eigenvalue weighted by Crippen LogP contribution is 2.29. The normalized spacial score (nSPS) is 17.1. The van der Waals surface area contributed by atoms with E-state index in [9.17, 15) is 18.0 Å². The van der Waals surface area contributed by atoms with E-state index in [2.05, 4.69) is 10.6 Å². The zero-order valence-corrected chi connectivity index (χ0v) is 17.7. The lowest BCUT2D eigenvalue weighted by atomic mass is 10.2. The Bertz CT molecular complexity index is 1040. The number of hydrogen-bond acceptors (Lipinski definition) is 4. The Hall–Kier alpha value is -2.42. The molecule has 3 rings (SSSR count). The molecule has 1 aliphatic rings. The SMILES string of the molecule is CC(=O)Nc1ccc(NC(=O)[C@@H]2CCCN2S(=O)(=O)c2ccc(C)cc2)c(Cl)c1. The first-order valence-corrected chi connectivity index (χ1v) is 11.0. The fourth-order valence-corrected chi connectivity index (χ4v) is 5.13. The second kappa shape index (κ2) is 8.52. The van der Waals surface area contributed by atoms with Crippen LogP contribution in [0.2, 0.25) is 5.02 Å². The molecular weight excluding hydrogens is 414 g/mol. The van der Waals surface area contributed by atoms with Crippen LogP contribution in [0.25, 0.3) is 0 Å². The number of amides is 2. The monoisotopic (exact) mass is 435 g/mol. The molecular formula is C20H22ClN3O4S. The van der Waals surface area contributed by atoms with Gasteiger partial charge in [0.2, 0.25) is 21.8 Å². The van der Waals surface area contributed by atoms with E-state index in [0.717, 1.165) is 5.56 Å². The van der Waals surface area contributed by atoms with E-state index >= 15 is 0 Å². The molecule has 1 atom stereocenters. The molecule has 0 aliphatic carbocycles. The lowest BCUT2D eigenvalue weighted by Gasteiger charge is -2.23. The molecule has 2 amide bonds. The standard InChI is InChI=1S/C20H22ClN3O4S/c1-13-5-8-16(9-6-13)29(27,28)24-11-3-4-19(24)20(26)23-18-10-7-15(12-17(18)21)22-14(2)25/h5-10,12,19H,3-4,11H2,1-2H3,(H,22,25)(H,23,26)/t19-/m0/s1. The van der Waals surface area contributed by atoms with Gasteiger partial charge in [-0.15, -0.1) is 0 Å². The number of halogens is 1. The summed E-state index contributed by atoms with van der Waals surface area (Å²) < 4.78 is 27.3. The molecule has 2 aromatic carbocycles. The maximum absolute atomic E-state index is 13.0. The average molecular weight is 436 g/mol. The van der Waals surface area contributed by atoms with Crippen LogP contribution in [-0.4, -0.2) is 37.1 Å². The Kier molecular flexibility index (Phi) is 6.26. The fraction of sp³-hybridized carbons (Fsp3) is 0.300. The van der Waals surface area contributed by atoms with Crippen molar-refractivity contribution in [2.24, 2.45) is 0 Å². The van der Waals surface area contributed by atoms with Crippen LogP contribution in [0.5, 0.6) is 0 Å². The van der Waals surface area contributed by atoms with Crippen LogP contribution in [0.15, 0.2) is 47.4 Å². The van der Waals surface area contributed by atoms with Crippen molar-refractivity contribution in [3.63, 3.8) is 0 Å². The second-order valence-corrected chi connectivity index (χ2v) is 9.25. The third-order valence-corrected chi connectivity index (χ3v) is 6.92. The summed E-state index contributed by atoms with van der Waals surface area (Å²) in [6, 6.07) is 10.5. The number of aryl methyl sites for hydroxylation is 1. The van der Waals surface area contributed by atoms with Gasteiger partial charge in [-0.2, -0.15) is 4.31 Å². The Labute approximate surface area is 175 Å². The molecule has 0 bridgehead atoms. The van der Waals surface area contributed by atoms with Gasteiger partial charge in [0.15, 0.2) is 0 Å². The molecule has 2 aromatic rings. The summed E-state index contributed by atoms with van der Waals surface area (Å²) in [6.45, 7) is 3.54. The van der Waals surface area contributed by atoms with Crippen molar-refractivity contribution in [1.29, 1.82) is 0 Å². The van der Waals surface area contributed by atoms with Crippen LogP contribution < -0.4 is 10.6 Å². The van der Waals surface area contributed by atoms with Gasteiger partial charge in [-0.25, -0.2) is 8.42 Å². The third kappa shape index (κ3) is 4.77. The van der Waals surface area contributed by atoms with E-state index < -0.39 is 22.0 Å². The highest BCUT2D eigenvalue weighted by molar-refractivity contribution is 7.89. The predicted molar refractivity (Wildman–Crippen MR) is 112 cm³/mol. The maximum Gasteiger partial charge on any atom is 0.243 e. The van der Waals surface area contributed by atoms with Gasteiger partial charge in [-0.05, 0) is 50.1 Å². The van der Waals surface area contributed by atoms with E-state index in [-0.39, 0.29) is 22.4 Å². The van der Waals surface area contributed by atoms with Crippen LogP contribution in [0.1, 0.15) is 25.3 Å². The molecule has 9 heteroatoms. The molecule has 0 aromatic heterocycles. The van der Waals surface area contributed by atoms with Gasteiger partial charge in [0, 0.05) is 19.2 Å². The number of nitrogens with zero attached hydrogens (tertiary/aromatic N) is 1. The van der Waals surface area contributed by atoms with E-state index in [1.54, 1.807) is 36.4 Å². The number of rotatable bonds is 5. The van der Waals surface area contributed by atoms with Gasteiger partial charge in [-0.1, -0.05) is 29.3 Å². The lowest BCUT2D eigenvalue weighted by Crippen LogP contribution is -2.43. The van der Waals surface area contributed by atoms with Crippen molar-refractivity contribution < 1.29 is 18.0 Å². The number of nitrogens with one attached hydrogen (secondary N) is 2. The van der Waals surface area contributed by atoms with Crippen molar-refractivity contribution in [2.45, 2.75) is 37.6 Å². The Morgan fingerprint density at radius 1 is 1.10 bits per heavy atom. The predicted octanol–water partition coefficient (Wildman–Crippen LogP) is 3.40. The summed E-state index contributed by atoms with van der Waals surface area (Å²) in [5.41, 5.74) is 1.81. The molecule has 0 radical (unpaired) electrons. The topological polar surface area (TPSA) is 95.6 Å². The lowest BCUT2D eigenvalue weighted by molar-refractivity contribution is -0.119. The third-order valence-electron chi connectivity index (χ3n) is 4.68. The van der Waals surface area contributed by atoms with Crippen LogP contribution in [0, 0.1) is 6.92 Å². The molecule has 1 saturated heterocycles. The largest absolute Gasteiger partial charge is 0.326 e. The van der Waals surface area contributed by atoms with Crippen LogP contribution in [0.3, 0.4) is 0 Å². The molecule has 2 N–H and O–H groups in total. The summed E-state index contributed by atoms with van der Waals surface area (Å²) in [7, 11) is -3.78. The molecule has 1 heterocycles. The fourth-order valence-electron chi connectivity index (χ4n) is 3.25. The van der Waals surface area contributed by atoms with Gasteiger partial charge < -0.3 is 10.6 Å². The van der Waals surface area contributed by atoms with E-state index in [0.29, 0.717) is 24.2 Å². The Morgan fingerprint density at radius 3 is 2.41 bits per heavy atom. The Balaban J connectivity index is 1.78. The summed E-state index contributed by atoms with van der Waals surface area (Å²) in [4.78, 5) is 24.1. The molecule has 1 aliphatic heterocycles. The minimum Gasteiger partial charge on any atom is -0.326 e. The van der Waals surface area contributed by atoms with Gasteiger partial charge in [0.1, 0.15) is 6.04 Å². The molecule has 7 nitrogen and oxygen atoms in total. The molecule has 0 saturated carbocycles. The molecule has 154 valence electrons. The molecule has 29 heavy (non-hydrogen) atoms. The van der Waals surface area contributed by atoms with E-state index in [1.807, 2.05) is 6.92 Å². The van der Waals surface area contributed by atoms with Gasteiger partial charge >= 0.3 is 0 Å². The van der Waals surface area contributed by atoms with Crippen LogP contribution >= 0.6 is 11.6 Å². The highest BCUT2D eigenvalue weighted by atomic mass is 35.5. The van der Waals surface area contributed by atoms with Crippen molar-refractivity contribution in [2.75, 3.05) is 17.2 Å². The first-order chi connectivity index (χ1) is 13.7. The first kappa shape index (κ1) is 21.3. The maximum atomic E-state index is 13.0. The number of anilines is 2.